The predicted octanol–water partition coefficient (Wildman–Crippen LogP) is 15.3. The third-order valence-electron chi connectivity index (χ3n) is 10.1. The molecular formula is C40H80N2S6. The van der Waals surface area contributed by atoms with Crippen molar-refractivity contribution in [1.29, 1.82) is 0 Å². The zero-order valence-corrected chi connectivity index (χ0v) is 37.9. The monoisotopic (exact) mass is 780 g/mol. The van der Waals surface area contributed by atoms with E-state index in [9.17, 15) is 0 Å². The van der Waals surface area contributed by atoms with Crippen LogP contribution in [0.25, 0.3) is 0 Å². The Morgan fingerprint density at radius 1 is 0.417 bits per heavy atom. The van der Waals surface area contributed by atoms with Gasteiger partial charge in [-0.25, -0.2) is 0 Å². The molecule has 0 N–H and O–H groups in total. The summed E-state index contributed by atoms with van der Waals surface area (Å²) < 4.78 is 2.27. The first-order valence-corrected chi connectivity index (χ1v) is 25.9. The largest absolute Gasteiger partial charge is 0.356 e. The summed E-state index contributed by atoms with van der Waals surface area (Å²) >= 11 is 12.1. The molecule has 286 valence electrons. The molecule has 0 heterocycles. The van der Waals surface area contributed by atoms with Crippen LogP contribution in [-0.2, 0) is 0 Å². The van der Waals surface area contributed by atoms with E-state index in [2.05, 4.69) is 65.2 Å². The van der Waals surface area contributed by atoms with Crippen LogP contribution in [0.4, 0.5) is 0 Å². The maximum atomic E-state index is 6.07. The van der Waals surface area contributed by atoms with Gasteiger partial charge in [0.1, 0.15) is 8.64 Å². The molecule has 0 bridgehead atoms. The van der Waals surface area contributed by atoms with Crippen LogP contribution >= 0.6 is 67.6 Å². The smallest absolute Gasteiger partial charge is 0.147 e. The highest BCUT2D eigenvalue weighted by molar-refractivity contribution is 8.84. The van der Waals surface area contributed by atoms with Crippen molar-refractivity contribution in [3.63, 3.8) is 0 Å². The Hall–Kier alpha value is 1.18. The van der Waals surface area contributed by atoms with Crippen molar-refractivity contribution in [3.8, 4) is 0 Å². The normalized spacial score (nSPS) is 14.1. The van der Waals surface area contributed by atoms with Crippen molar-refractivity contribution >= 4 is 76.3 Å². The van der Waals surface area contributed by atoms with Gasteiger partial charge in [0.25, 0.3) is 0 Å². The number of nitrogens with zero attached hydrogens (tertiary/aromatic N) is 2. The zero-order chi connectivity index (χ0) is 35.8. The van der Waals surface area contributed by atoms with Gasteiger partial charge in [-0.3, -0.25) is 0 Å². The molecule has 0 amide bonds. The topological polar surface area (TPSA) is 6.48 Å². The number of hydrogen-bond donors (Lipinski definition) is 0. The molecule has 4 atom stereocenters. The van der Waals surface area contributed by atoms with Crippen LogP contribution in [0.15, 0.2) is 0 Å². The van der Waals surface area contributed by atoms with Crippen molar-refractivity contribution in [3.05, 3.63) is 0 Å². The van der Waals surface area contributed by atoms with Gasteiger partial charge in [0, 0.05) is 37.7 Å². The van der Waals surface area contributed by atoms with E-state index in [0.29, 0.717) is 0 Å². The summed E-state index contributed by atoms with van der Waals surface area (Å²) in [6.07, 6.45) is 26.2. The van der Waals surface area contributed by atoms with Gasteiger partial charge in [0.05, 0.1) is 0 Å². The van der Waals surface area contributed by atoms with E-state index in [-0.39, 0.29) is 0 Å². The molecule has 0 radical (unpaired) electrons. The van der Waals surface area contributed by atoms with Crippen molar-refractivity contribution < 1.29 is 0 Å². The van der Waals surface area contributed by atoms with Gasteiger partial charge in [-0.05, 0) is 83.8 Å². The number of thiocarbonyl (C=S) groups is 2. The second-order valence-corrected chi connectivity index (χ2v) is 20.3. The summed E-state index contributed by atoms with van der Waals surface area (Å²) in [5.41, 5.74) is 0. The van der Waals surface area contributed by atoms with E-state index in [1.165, 1.54) is 140 Å². The molecule has 0 aliphatic rings. The van der Waals surface area contributed by atoms with Gasteiger partial charge >= 0.3 is 0 Å². The Morgan fingerprint density at radius 3 is 0.917 bits per heavy atom. The van der Waals surface area contributed by atoms with Crippen LogP contribution in [0, 0.1) is 23.7 Å². The summed E-state index contributed by atoms with van der Waals surface area (Å²) in [5.74, 6) is 5.47. The minimum absolute atomic E-state index is 0.767. The van der Waals surface area contributed by atoms with Gasteiger partial charge in [0.15, 0.2) is 0 Å². The van der Waals surface area contributed by atoms with E-state index < -0.39 is 0 Å². The van der Waals surface area contributed by atoms with Gasteiger partial charge in [-0.2, -0.15) is 0 Å². The Kier molecular flexibility index (Phi) is 36.1. The number of hydrogen-bond acceptors (Lipinski definition) is 6. The average molecular weight is 781 g/mol. The van der Waals surface area contributed by atoms with E-state index in [1.807, 2.05) is 43.2 Å². The second kappa shape index (κ2) is 35.2. The Morgan fingerprint density at radius 2 is 0.688 bits per heavy atom. The van der Waals surface area contributed by atoms with Crippen LogP contribution in [-0.4, -0.2) is 56.1 Å². The average Bonchev–Trinajstić information content (AvgIpc) is 3.10. The molecule has 0 rings (SSSR count). The van der Waals surface area contributed by atoms with E-state index in [4.69, 9.17) is 24.4 Å². The number of unbranched alkanes of at least 4 members (excludes halogenated alkanes) is 7. The minimum atomic E-state index is 0.767. The van der Waals surface area contributed by atoms with Gasteiger partial charge in [0.2, 0.25) is 0 Å². The maximum Gasteiger partial charge on any atom is 0.147 e. The third kappa shape index (κ3) is 26.0. The lowest BCUT2D eigenvalue weighted by atomic mass is 9.96. The highest BCUT2D eigenvalue weighted by atomic mass is 33.1. The van der Waals surface area contributed by atoms with Crippen LogP contribution < -0.4 is 0 Å². The molecule has 0 aliphatic heterocycles. The van der Waals surface area contributed by atoms with Crippen molar-refractivity contribution in [2.24, 2.45) is 23.7 Å². The molecular weight excluding hydrogens is 701 g/mol. The summed E-state index contributed by atoms with van der Waals surface area (Å²) in [5, 5.41) is 0. The Balaban J connectivity index is 4.62. The SMILES string of the molecule is CCCCC(CC)CN(CC(CC)CCCC)C(=S)SSCCCCCCSSC(=S)N(CC(CC)CCCC)CC(CC)CCCC. The zero-order valence-electron chi connectivity index (χ0n) is 33.0. The fraction of sp³-hybridized carbons (Fsp3) is 0.950. The molecule has 0 saturated heterocycles. The van der Waals surface area contributed by atoms with E-state index in [1.54, 1.807) is 0 Å². The third-order valence-corrected chi connectivity index (χ3v) is 16.3. The first-order valence-electron chi connectivity index (χ1n) is 20.5. The lowest BCUT2D eigenvalue weighted by molar-refractivity contribution is 0.269. The molecule has 0 aromatic rings. The highest BCUT2D eigenvalue weighted by Gasteiger charge is 2.21. The summed E-state index contributed by atoms with van der Waals surface area (Å²) in [6, 6.07) is 0. The fourth-order valence-corrected chi connectivity index (χ4v) is 11.5. The number of rotatable bonds is 33. The van der Waals surface area contributed by atoms with Crippen LogP contribution in [0.5, 0.6) is 0 Å². The molecule has 4 unspecified atom stereocenters. The predicted molar refractivity (Wildman–Crippen MR) is 240 cm³/mol. The highest BCUT2D eigenvalue weighted by Crippen LogP contribution is 2.31. The van der Waals surface area contributed by atoms with Crippen LogP contribution in [0.2, 0.25) is 0 Å². The molecule has 0 aliphatic carbocycles. The lowest BCUT2D eigenvalue weighted by Crippen LogP contribution is -2.36. The van der Waals surface area contributed by atoms with Gasteiger partial charge in [-0.15, -0.1) is 0 Å². The molecule has 48 heavy (non-hydrogen) atoms. The molecule has 0 fully saturated rings. The maximum absolute atomic E-state index is 6.07. The molecule has 2 nitrogen and oxygen atoms in total. The van der Waals surface area contributed by atoms with Crippen molar-refractivity contribution in [2.45, 2.75) is 184 Å². The molecule has 8 heteroatoms. The summed E-state index contributed by atoms with van der Waals surface area (Å²) in [4.78, 5) is 5.20. The van der Waals surface area contributed by atoms with Crippen molar-refractivity contribution in [2.75, 3.05) is 37.7 Å². The first-order chi connectivity index (χ1) is 23.3. The standard InChI is InChI=1S/C40H80N2S6/c1-9-17-25-35(13-5)31-41(32-36(14-6)26-18-10-2)39(43)47-45-29-23-21-22-24-30-46-48-40(44)42(33-37(15-7)27-19-11-3)34-38(16-8)28-20-12-4/h35-38H,9-34H2,1-8H3. The van der Waals surface area contributed by atoms with Crippen molar-refractivity contribution in [1.82, 2.24) is 9.80 Å². The fourth-order valence-electron chi connectivity index (χ4n) is 6.33. The molecule has 0 aromatic heterocycles. The minimum Gasteiger partial charge on any atom is -0.356 e. The molecule has 0 saturated carbocycles. The Labute approximate surface area is 329 Å². The molecule has 0 spiro atoms. The van der Waals surface area contributed by atoms with Crippen LogP contribution in [0.1, 0.15) is 184 Å². The summed E-state index contributed by atoms with van der Waals surface area (Å²) in [7, 11) is 7.75. The second-order valence-electron chi connectivity index (χ2n) is 14.2. The van der Waals surface area contributed by atoms with Crippen LogP contribution in [0.3, 0.4) is 0 Å². The van der Waals surface area contributed by atoms with Gasteiger partial charge in [-0.1, -0.05) is 191 Å². The van der Waals surface area contributed by atoms with E-state index >= 15 is 0 Å². The molecule has 0 aromatic carbocycles. The summed E-state index contributed by atoms with van der Waals surface area (Å²) in [6.45, 7) is 23.3. The lowest BCUT2D eigenvalue weighted by Gasteiger charge is -2.32. The quantitative estimate of drug-likeness (QED) is 0.0364. The Bertz CT molecular complexity index is 643. The van der Waals surface area contributed by atoms with Gasteiger partial charge < -0.3 is 9.80 Å². The first kappa shape index (κ1) is 49.2. The van der Waals surface area contributed by atoms with E-state index in [0.717, 1.165) is 58.5 Å².